The first kappa shape index (κ1) is 28.6. The SMILES string of the molecule is c1ccc2c(c1)oc1ccc(-c3ccc(-c4c5ccccc5c(-c5ccc6oc7c(ccc8c9ccccc9oc87)c6c5)c5ccccc45)cc3)cc12. The van der Waals surface area contributed by atoms with Crippen molar-refractivity contribution in [1.82, 2.24) is 0 Å². The zero-order valence-corrected chi connectivity index (χ0v) is 28.4. The van der Waals surface area contributed by atoms with Crippen molar-refractivity contribution in [1.29, 1.82) is 0 Å². The van der Waals surface area contributed by atoms with Gasteiger partial charge in [-0.05, 0) is 103 Å². The zero-order valence-electron chi connectivity index (χ0n) is 28.4. The summed E-state index contributed by atoms with van der Waals surface area (Å²) in [6.45, 7) is 0. The van der Waals surface area contributed by atoms with Crippen LogP contribution in [0.15, 0.2) is 183 Å². The first-order chi connectivity index (χ1) is 26.3. The molecule has 3 heterocycles. The Bertz CT molecular complexity index is 3390. The molecule has 0 amide bonds. The molecule has 0 aliphatic rings. The maximum Gasteiger partial charge on any atom is 0.178 e. The highest BCUT2D eigenvalue weighted by Gasteiger charge is 2.20. The van der Waals surface area contributed by atoms with Crippen LogP contribution in [0.2, 0.25) is 0 Å². The zero-order chi connectivity index (χ0) is 34.6. The van der Waals surface area contributed by atoms with Gasteiger partial charge in [-0.3, -0.25) is 0 Å². The Hall–Kier alpha value is -7.10. The molecule has 0 unspecified atom stereocenters. The molecule has 0 atom stereocenters. The first-order valence-electron chi connectivity index (χ1n) is 18.0. The molecule has 0 saturated carbocycles. The number of hydrogen-bond acceptors (Lipinski definition) is 3. The molecule has 9 aromatic carbocycles. The molecule has 53 heavy (non-hydrogen) atoms. The summed E-state index contributed by atoms with van der Waals surface area (Å²) in [4.78, 5) is 0. The van der Waals surface area contributed by atoms with Crippen LogP contribution in [-0.4, -0.2) is 0 Å². The Morgan fingerprint density at radius 3 is 1.23 bits per heavy atom. The van der Waals surface area contributed by atoms with Gasteiger partial charge in [-0.25, -0.2) is 0 Å². The molecular formula is C50H28O3. The van der Waals surface area contributed by atoms with Crippen LogP contribution in [0.3, 0.4) is 0 Å². The largest absolute Gasteiger partial charge is 0.456 e. The summed E-state index contributed by atoms with van der Waals surface area (Å²) >= 11 is 0. The first-order valence-corrected chi connectivity index (χ1v) is 18.0. The molecule has 0 aliphatic carbocycles. The predicted octanol–water partition coefficient (Wildman–Crippen LogP) is 14.7. The summed E-state index contributed by atoms with van der Waals surface area (Å²) in [7, 11) is 0. The molecule has 0 radical (unpaired) electrons. The lowest BCUT2D eigenvalue weighted by atomic mass is 9.85. The van der Waals surface area contributed by atoms with Crippen LogP contribution in [0, 0.1) is 0 Å². The van der Waals surface area contributed by atoms with Gasteiger partial charge in [0.15, 0.2) is 11.2 Å². The highest BCUT2D eigenvalue weighted by molar-refractivity contribution is 6.23. The van der Waals surface area contributed by atoms with E-state index in [0.717, 1.165) is 71.4 Å². The van der Waals surface area contributed by atoms with Crippen LogP contribution in [-0.2, 0) is 0 Å². The van der Waals surface area contributed by atoms with Crippen LogP contribution in [0.25, 0.3) is 121 Å². The fraction of sp³-hybridized carbons (Fsp3) is 0. The van der Waals surface area contributed by atoms with Crippen LogP contribution in [0.5, 0.6) is 0 Å². The number of para-hydroxylation sites is 2. The Balaban J connectivity index is 1.03. The van der Waals surface area contributed by atoms with E-state index in [1.807, 2.05) is 30.3 Å². The average molecular weight is 677 g/mol. The van der Waals surface area contributed by atoms with Crippen LogP contribution in [0.1, 0.15) is 0 Å². The fourth-order valence-electron chi connectivity index (χ4n) is 8.66. The van der Waals surface area contributed by atoms with Gasteiger partial charge in [0.2, 0.25) is 0 Å². The van der Waals surface area contributed by atoms with E-state index in [2.05, 4.69) is 140 Å². The van der Waals surface area contributed by atoms with Crippen molar-refractivity contribution in [2.75, 3.05) is 0 Å². The van der Waals surface area contributed by atoms with Crippen molar-refractivity contribution in [2.24, 2.45) is 0 Å². The van der Waals surface area contributed by atoms with E-state index < -0.39 is 0 Å². The lowest BCUT2D eigenvalue weighted by Gasteiger charge is -2.18. The molecule has 0 spiro atoms. The van der Waals surface area contributed by atoms with Crippen LogP contribution < -0.4 is 0 Å². The molecule has 246 valence electrons. The molecule has 3 aromatic heterocycles. The molecule has 0 N–H and O–H groups in total. The summed E-state index contributed by atoms with van der Waals surface area (Å²) in [5.41, 5.74) is 12.3. The van der Waals surface area contributed by atoms with E-state index in [-0.39, 0.29) is 0 Å². The topological polar surface area (TPSA) is 39.4 Å². The maximum atomic E-state index is 6.52. The van der Waals surface area contributed by atoms with Gasteiger partial charge in [-0.15, -0.1) is 0 Å². The Morgan fingerprint density at radius 2 is 0.604 bits per heavy atom. The number of benzene rings is 9. The molecule has 3 heteroatoms. The van der Waals surface area contributed by atoms with Gasteiger partial charge in [0.05, 0.1) is 0 Å². The Kier molecular flexibility index (Phi) is 5.77. The minimum atomic E-state index is 0.789. The van der Waals surface area contributed by atoms with E-state index in [1.54, 1.807) is 0 Å². The number of fused-ring (bicyclic) bond motifs is 12. The smallest absolute Gasteiger partial charge is 0.178 e. The summed E-state index contributed by atoms with van der Waals surface area (Å²) in [6.07, 6.45) is 0. The van der Waals surface area contributed by atoms with Crippen molar-refractivity contribution in [3.05, 3.63) is 170 Å². The molecule has 3 nitrogen and oxygen atoms in total. The van der Waals surface area contributed by atoms with Gasteiger partial charge in [-0.1, -0.05) is 121 Å². The summed E-state index contributed by atoms with van der Waals surface area (Å²) in [5, 5.41) is 11.5. The van der Waals surface area contributed by atoms with Gasteiger partial charge in [0.1, 0.15) is 22.3 Å². The molecular weight excluding hydrogens is 649 g/mol. The second-order valence-corrected chi connectivity index (χ2v) is 14.0. The van der Waals surface area contributed by atoms with Crippen molar-refractivity contribution >= 4 is 87.4 Å². The summed E-state index contributed by atoms with van der Waals surface area (Å²) < 4.78 is 19.0. The van der Waals surface area contributed by atoms with E-state index in [1.165, 1.54) is 49.4 Å². The fourth-order valence-corrected chi connectivity index (χ4v) is 8.66. The van der Waals surface area contributed by atoms with Crippen LogP contribution in [0.4, 0.5) is 0 Å². The average Bonchev–Trinajstić information content (AvgIpc) is 3.91. The molecule has 12 aromatic rings. The maximum absolute atomic E-state index is 6.52. The molecule has 0 fully saturated rings. The predicted molar refractivity (Wildman–Crippen MR) is 220 cm³/mol. The molecule has 12 rings (SSSR count). The van der Waals surface area contributed by atoms with Crippen molar-refractivity contribution in [2.45, 2.75) is 0 Å². The monoisotopic (exact) mass is 676 g/mol. The highest BCUT2D eigenvalue weighted by atomic mass is 16.4. The van der Waals surface area contributed by atoms with Crippen LogP contribution >= 0.6 is 0 Å². The van der Waals surface area contributed by atoms with Gasteiger partial charge in [0.25, 0.3) is 0 Å². The van der Waals surface area contributed by atoms with Gasteiger partial charge in [-0.2, -0.15) is 0 Å². The van der Waals surface area contributed by atoms with Crippen molar-refractivity contribution < 1.29 is 13.3 Å². The Labute approximate surface area is 302 Å². The highest BCUT2D eigenvalue weighted by Crippen LogP contribution is 2.46. The van der Waals surface area contributed by atoms with Crippen molar-refractivity contribution in [3.8, 4) is 33.4 Å². The third-order valence-corrected chi connectivity index (χ3v) is 11.1. The normalized spacial score (nSPS) is 12.2. The van der Waals surface area contributed by atoms with Crippen molar-refractivity contribution in [3.63, 3.8) is 0 Å². The van der Waals surface area contributed by atoms with E-state index in [9.17, 15) is 0 Å². The minimum absolute atomic E-state index is 0.789. The number of furan rings is 3. The lowest BCUT2D eigenvalue weighted by molar-refractivity contribution is 0.633. The van der Waals surface area contributed by atoms with E-state index >= 15 is 0 Å². The lowest BCUT2D eigenvalue weighted by Crippen LogP contribution is -1.91. The molecule has 0 bridgehead atoms. The van der Waals surface area contributed by atoms with Gasteiger partial charge < -0.3 is 13.3 Å². The minimum Gasteiger partial charge on any atom is -0.456 e. The second kappa shape index (κ2) is 10.7. The Morgan fingerprint density at radius 1 is 0.226 bits per heavy atom. The molecule has 0 aliphatic heterocycles. The summed E-state index contributed by atoms with van der Waals surface area (Å²) in [5.74, 6) is 0. The number of rotatable bonds is 3. The quantitative estimate of drug-likeness (QED) is 0.175. The standard InChI is InChI=1S/C50H28O3/c1-3-13-37-35(11-1)47(30-19-17-29(18-20-30)31-21-25-45-41(27-31)34-10-6-7-15-43(34)51-45)36-12-2-4-14-38(36)48(37)32-22-26-46-42(28-32)40-24-23-39-33-9-5-8-16-44(33)52-49(39)50(40)53-46/h1-28H. The second-order valence-electron chi connectivity index (χ2n) is 14.0. The van der Waals surface area contributed by atoms with E-state index in [4.69, 9.17) is 13.3 Å². The van der Waals surface area contributed by atoms with E-state index in [0.29, 0.717) is 0 Å². The third kappa shape index (κ3) is 4.10. The number of hydrogen-bond donors (Lipinski definition) is 0. The molecule has 0 saturated heterocycles. The van der Waals surface area contributed by atoms with Gasteiger partial charge in [0, 0.05) is 32.3 Å². The van der Waals surface area contributed by atoms with Gasteiger partial charge >= 0.3 is 0 Å². The third-order valence-electron chi connectivity index (χ3n) is 11.1. The summed E-state index contributed by atoms with van der Waals surface area (Å²) in [6, 6.07) is 60.5.